The Kier molecular flexibility index (Phi) is 1.95. The predicted octanol–water partition coefficient (Wildman–Crippen LogP) is 3.43. The summed E-state index contributed by atoms with van der Waals surface area (Å²) in [5.74, 6) is 0.265. The van der Waals surface area contributed by atoms with Crippen LogP contribution in [0.2, 0.25) is 0 Å². The molecule has 73 valence electrons. The number of rotatable bonds is 0. The predicted molar refractivity (Wildman–Crippen MR) is 60.8 cm³/mol. The molecule has 0 bridgehead atoms. The SMILES string of the molecule is C1=C[C]2OC=Cc3ccccc3C2C=C1. The molecule has 1 aliphatic carbocycles. The van der Waals surface area contributed by atoms with Crippen LogP contribution < -0.4 is 0 Å². The van der Waals surface area contributed by atoms with Crippen molar-refractivity contribution in [2.75, 3.05) is 0 Å². The Morgan fingerprint density at radius 1 is 1.00 bits per heavy atom. The van der Waals surface area contributed by atoms with Crippen molar-refractivity contribution in [3.8, 4) is 0 Å². The third-order valence-electron chi connectivity index (χ3n) is 2.76. The van der Waals surface area contributed by atoms with Gasteiger partial charge in [-0.25, -0.2) is 0 Å². The minimum atomic E-state index is 0.265. The van der Waals surface area contributed by atoms with Crippen LogP contribution in [0.4, 0.5) is 0 Å². The second-order valence-electron chi connectivity index (χ2n) is 3.67. The molecule has 1 aromatic carbocycles. The summed E-state index contributed by atoms with van der Waals surface area (Å²) in [6, 6.07) is 8.39. The first-order valence-corrected chi connectivity index (χ1v) is 5.09. The van der Waals surface area contributed by atoms with Crippen molar-refractivity contribution in [2.24, 2.45) is 0 Å². The van der Waals surface area contributed by atoms with Crippen molar-refractivity contribution in [2.45, 2.75) is 5.92 Å². The topological polar surface area (TPSA) is 9.23 Å². The molecule has 1 heteroatoms. The summed E-state index contributed by atoms with van der Waals surface area (Å²) in [5.41, 5.74) is 2.54. The van der Waals surface area contributed by atoms with Crippen LogP contribution in [0, 0.1) is 6.10 Å². The van der Waals surface area contributed by atoms with Gasteiger partial charge in [-0.1, -0.05) is 42.5 Å². The van der Waals surface area contributed by atoms with Crippen molar-refractivity contribution >= 4 is 6.08 Å². The van der Waals surface area contributed by atoms with E-state index in [9.17, 15) is 0 Å². The van der Waals surface area contributed by atoms with Crippen LogP contribution in [-0.4, -0.2) is 0 Å². The number of ether oxygens (including phenoxy) is 1. The third kappa shape index (κ3) is 1.40. The number of allylic oxidation sites excluding steroid dienone is 2. The summed E-state index contributed by atoms with van der Waals surface area (Å²) in [7, 11) is 0. The molecule has 0 spiro atoms. The van der Waals surface area contributed by atoms with Gasteiger partial charge in [-0.15, -0.1) is 0 Å². The molecule has 0 amide bonds. The fourth-order valence-electron chi connectivity index (χ4n) is 2.03. The number of fused-ring (bicyclic) bond motifs is 3. The molecule has 1 aliphatic heterocycles. The Labute approximate surface area is 89.4 Å². The zero-order valence-corrected chi connectivity index (χ0v) is 8.26. The average molecular weight is 195 g/mol. The first kappa shape index (κ1) is 8.54. The van der Waals surface area contributed by atoms with Crippen LogP contribution in [0.3, 0.4) is 0 Å². The Morgan fingerprint density at radius 2 is 1.93 bits per heavy atom. The van der Waals surface area contributed by atoms with Crippen LogP contribution in [0.15, 0.2) is 54.8 Å². The molecule has 1 atom stereocenters. The van der Waals surface area contributed by atoms with Gasteiger partial charge in [-0.2, -0.15) is 0 Å². The molecular weight excluding hydrogens is 184 g/mol. The summed E-state index contributed by atoms with van der Waals surface area (Å²) < 4.78 is 5.59. The summed E-state index contributed by atoms with van der Waals surface area (Å²) in [6.45, 7) is 0. The van der Waals surface area contributed by atoms with E-state index in [0.717, 1.165) is 6.10 Å². The minimum absolute atomic E-state index is 0.265. The van der Waals surface area contributed by atoms with Gasteiger partial charge in [0.05, 0.1) is 12.2 Å². The molecule has 0 N–H and O–H groups in total. The monoisotopic (exact) mass is 195 g/mol. The molecule has 1 radical (unpaired) electrons. The van der Waals surface area contributed by atoms with E-state index in [2.05, 4.69) is 36.4 Å². The molecular formula is C14H11O. The maximum atomic E-state index is 5.59. The van der Waals surface area contributed by atoms with Crippen molar-refractivity contribution in [3.05, 3.63) is 72.1 Å². The van der Waals surface area contributed by atoms with Crippen molar-refractivity contribution < 1.29 is 4.74 Å². The molecule has 1 nitrogen and oxygen atoms in total. The fourth-order valence-corrected chi connectivity index (χ4v) is 2.03. The maximum absolute atomic E-state index is 5.59. The summed E-state index contributed by atoms with van der Waals surface area (Å²) in [4.78, 5) is 0. The van der Waals surface area contributed by atoms with Gasteiger partial charge >= 0.3 is 0 Å². The van der Waals surface area contributed by atoms with Gasteiger partial charge in [0.2, 0.25) is 0 Å². The van der Waals surface area contributed by atoms with Gasteiger partial charge in [0.25, 0.3) is 0 Å². The lowest BCUT2D eigenvalue weighted by Gasteiger charge is -2.21. The largest absolute Gasteiger partial charge is 0.485 e. The molecule has 0 saturated carbocycles. The van der Waals surface area contributed by atoms with Crippen LogP contribution in [0.5, 0.6) is 0 Å². The highest BCUT2D eigenvalue weighted by Gasteiger charge is 2.25. The molecule has 15 heavy (non-hydrogen) atoms. The molecule has 0 aromatic heterocycles. The molecule has 1 heterocycles. The van der Waals surface area contributed by atoms with Gasteiger partial charge < -0.3 is 4.74 Å². The van der Waals surface area contributed by atoms with E-state index < -0.39 is 0 Å². The highest BCUT2D eigenvalue weighted by atomic mass is 16.5. The Balaban J connectivity index is 2.13. The summed E-state index contributed by atoms with van der Waals surface area (Å²) in [6.07, 6.45) is 13.0. The van der Waals surface area contributed by atoms with E-state index in [1.807, 2.05) is 18.2 Å². The molecule has 1 unspecified atom stereocenters. The van der Waals surface area contributed by atoms with Gasteiger partial charge in [-0.3, -0.25) is 0 Å². The minimum Gasteiger partial charge on any atom is -0.485 e. The molecule has 1 aromatic rings. The van der Waals surface area contributed by atoms with E-state index in [-0.39, 0.29) is 5.92 Å². The average Bonchev–Trinajstić information content (AvgIpc) is 2.48. The van der Waals surface area contributed by atoms with Crippen LogP contribution >= 0.6 is 0 Å². The second-order valence-corrected chi connectivity index (χ2v) is 3.67. The zero-order valence-electron chi connectivity index (χ0n) is 8.26. The highest BCUT2D eigenvalue weighted by Crippen LogP contribution is 2.37. The van der Waals surface area contributed by atoms with Crippen LogP contribution in [0.1, 0.15) is 17.0 Å². The Hall–Kier alpha value is -1.76. The van der Waals surface area contributed by atoms with Gasteiger partial charge in [0.1, 0.15) is 0 Å². The quantitative estimate of drug-likeness (QED) is 0.616. The molecule has 3 rings (SSSR count). The fraction of sp³-hybridized carbons (Fsp3) is 0.0714. The van der Waals surface area contributed by atoms with E-state index in [0.29, 0.717) is 0 Å². The van der Waals surface area contributed by atoms with E-state index in [1.54, 1.807) is 6.26 Å². The van der Waals surface area contributed by atoms with Gasteiger partial charge in [-0.05, 0) is 23.3 Å². The van der Waals surface area contributed by atoms with Crippen LogP contribution in [0.25, 0.3) is 6.08 Å². The smallest absolute Gasteiger partial charge is 0.181 e. The Morgan fingerprint density at radius 3 is 2.93 bits per heavy atom. The third-order valence-corrected chi connectivity index (χ3v) is 2.76. The van der Waals surface area contributed by atoms with Crippen molar-refractivity contribution in [1.29, 1.82) is 0 Å². The first-order chi connectivity index (χ1) is 7.45. The van der Waals surface area contributed by atoms with Crippen molar-refractivity contribution in [1.82, 2.24) is 0 Å². The summed E-state index contributed by atoms with van der Waals surface area (Å²) >= 11 is 0. The molecule has 0 fully saturated rings. The number of hydrogen-bond acceptors (Lipinski definition) is 1. The summed E-state index contributed by atoms with van der Waals surface area (Å²) in [5, 5.41) is 0. The van der Waals surface area contributed by atoms with Crippen LogP contribution in [-0.2, 0) is 4.74 Å². The van der Waals surface area contributed by atoms with E-state index in [4.69, 9.17) is 4.74 Å². The normalized spacial score (nSPS) is 22.8. The maximum Gasteiger partial charge on any atom is 0.181 e. The van der Waals surface area contributed by atoms with Gasteiger partial charge in [0, 0.05) is 0 Å². The van der Waals surface area contributed by atoms with Gasteiger partial charge in [0.15, 0.2) is 6.10 Å². The first-order valence-electron chi connectivity index (χ1n) is 5.09. The lowest BCUT2D eigenvalue weighted by molar-refractivity contribution is 0.273. The number of benzene rings is 1. The molecule has 2 aliphatic rings. The molecule has 0 saturated heterocycles. The van der Waals surface area contributed by atoms with E-state index in [1.165, 1.54) is 11.1 Å². The second kappa shape index (κ2) is 3.43. The standard InChI is InChI=1S/C14H11O/c1-2-6-12-11(5-1)9-10-15-14-8-4-3-7-13(12)14/h1-10,13H. The number of hydrogen-bond donors (Lipinski definition) is 0. The van der Waals surface area contributed by atoms with E-state index >= 15 is 0 Å². The van der Waals surface area contributed by atoms with Crippen molar-refractivity contribution in [3.63, 3.8) is 0 Å². The zero-order chi connectivity index (χ0) is 10.1. The highest BCUT2D eigenvalue weighted by molar-refractivity contribution is 5.58. The lowest BCUT2D eigenvalue weighted by Crippen LogP contribution is -2.09. The lowest BCUT2D eigenvalue weighted by atomic mass is 9.87. The Bertz CT molecular complexity index is 454.